The highest BCUT2D eigenvalue weighted by Crippen LogP contribution is 2.21. The molecule has 0 radical (unpaired) electrons. The second-order valence-electron chi connectivity index (χ2n) is 6.56. The molecular weight excluding hydrogens is 373 g/mol. The van der Waals surface area contributed by atoms with Crippen LogP contribution in [-0.2, 0) is 17.6 Å². The van der Waals surface area contributed by atoms with Crippen LogP contribution in [0.4, 0.5) is 0 Å². The summed E-state index contributed by atoms with van der Waals surface area (Å²) in [5, 5.41) is 12.1. The zero-order valence-corrected chi connectivity index (χ0v) is 16.4. The fourth-order valence-corrected chi connectivity index (χ4v) is 3.24. The van der Waals surface area contributed by atoms with Crippen molar-refractivity contribution in [1.82, 2.24) is 15.3 Å². The first-order valence-corrected chi connectivity index (χ1v) is 8.77. The number of hydrogen-bond donors (Lipinski definition) is 3. The number of rotatable bonds is 7. The van der Waals surface area contributed by atoms with Gasteiger partial charge in [0.25, 0.3) is 0 Å². The minimum absolute atomic E-state index is 0. The topological polar surface area (TPSA) is 78.0 Å². The molecule has 2 heterocycles. The highest BCUT2D eigenvalue weighted by atomic mass is 35.5. The second-order valence-corrected chi connectivity index (χ2v) is 6.56. The number of imidazole rings is 1. The maximum atomic E-state index is 10.6. The van der Waals surface area contributed by atoms with Crippen molar-refractivity contribution >= 4 is 30.8 Å². The third-order valence-corrected chi connectivity index (χ3v) is 4.76. The van der Waals surface area contributed by atoms with Gasteiger partial charge in [0.05, 0.1) is 5.69 Å². The lowest BCUT2D eigenvalue weighted by Gasteiger charge is -2.21. The molecule has 0 aliphatic carbocycles. The quantitative estimate of drug-likeness (QED) is 0.660. The maximum absolute atomic E-state index is 10.6. The molecule has 26 heavy (non-hydrogen) atoms. The van der Waals surface area contributed by atoms with Crippen LogP contribution in [0.15, 0.2) is 30.5 Å². The molecule has 144 valence electrons. The van der Waals surface area contributed by atoms with Gasteiger partial charge < -0.3 is 15.4 Å². The molecule has 0 spiro atoms. The van der Waals surface area contributed by atoms with E-state index in [9.17, 15) is 4.79 Å². The summed E-state index contributed by atoms with van der Waals surface area (Å²) in [6, 6.07) is 8.01. The smallest absolute Gasteiger partial charge is 0.303 e. The van der Waals surface area contributed by atoms with Crippen LogP contribution in [-0.4, -0.2) is 34.1 Å². The van der Waals surface area contributed by atoms with Gasteiger partial charge in [0.15, 0.2) is 0 Å². The molecule has 0 bridgehead atoms. The van der Waals surface area contributed by atoms with Gasteiger partial charge in [-0.15, -0.1) is 24.8 Å². The molecule has 5 nitrogen and oxygen atoms in total. The SMILES string of the molecule is Cl.Cl.O=C(O)CCc1ccc(-c2c[nH]c(CCC3CCNCC3)n2)cc1. The third-order valence-electron chi connectivity index (χ3n) is 4.76. The molecule has 0 amide bonds. The minimum atomic E-state index is -0.759. The predicted octanol–water partition coefficient (Wildman–Crippen LogP) is 3.87. The fraction of sp³-hybridized carbons (Fsp3) is 0.474. The minimum Gasteiger partial charge on any atom is -0.481 e. The number of aromatic nitrogens is 2. The molecule has 1 saturated heterocycles. The summed E-state index contributed by atoms with van der Waals surface area (Å²) < 4.78 is 0. The van der Waals surface area contributed by atoms with Crippen LogP contribution in [0.3, 0.4) is 0 Å². The van der Waals surface area contributed by atoms with Crippen molar-refractivity contribution in [3.63, 3.8) is 0 Å². The third kappa shape index (κ3) is 6.63. The van der Waals surface area contributed by atoms with Crippen LogP contribution in [0.25, 0.3) is 11.3 Å². The lowest BCUT2D eigenvalue weighted by molar-refractivity contribution is -0.136. The molecule has 3 rings (SSSR count). The van der Waals surface area contributed by atoms with E-state index in [1.165, 1.54) is 19.3 Å². The van der Waals surface area contributed by atoms with Gasteiger partial charge in [0, 0.05) is 24.6 Å². The first-order chi connectivity index (χ1) is 11.7. The van der Waals surface area contributed by atoms with E-state index in [1.54, 1.807) is 0 Å². The number of aromatic amines is 1. The number of carboxylic acid groups (broad SMARTS) is 1. The summed E-state index contributed by atoms with van der Waals surface area (Å²) in [6.45, 7) is 2.28. The van der Waals surface area contributed by atoms with Gasteiger partial charge in [-0.2, -0.15) is 0 Å². The van der Waals surface area contributed by atoms with Gasteiger partial charge in [0.2, 0.25) is 0 Å². The first-order valence-electron chi connectivity index (χ1n) is 8.77. The summed E-state index contributed by atoms with van der Waals surface area (Å²) in [7, 11) is 0. The number of nitrogens with one attached hydrogen (secondary N) is 2. The summed E-state index contributed by atoms with van der Waals surface area (Å²) in [5.74, 6) is 1.11. The molecule has 0 atom stereocenters. The van der Waals surface area contributed by atoms with Gasteiger partial charge in [-0.25, -0.2) is 4.98 Å². The average molecular weight is 400 g/mol. The van der Waals surface area contributed by atoms with Crippen LogP contribution in [0.5, 0.6) is 0 Å². The molecule has 3 N–H and O–H groups in total. The number of aliphatic carboxylic acids is 1. The Morgan fingerprint density at radius 2 is 1.81 bits per heavy atom. The summed E-state index contributed by atoms with van der Waals surface area (Å²) in [6.07, 6.45) is 7.44. The van der Waals surface area contributed by atoms with E-state index >= 15 is 0 Å². The van der Waals surface area contributed by atoms with Gasteiger partial charge in [-0.05, 0) is 50.3 Å². The van der Waals surface area contributed by atoms with Gasteiger partial charge >= 0.3 is 5.97 Å². The molecule has 0 unspecified atom stereocenters. The maximum Gasteiger partial charge on any atom is 0.303 e. The zero-order valence-electron chi connectivity index (χ0n) is 14.7. The average Bonchev–Trinajstić information content (AvgIpc) is 3.08. The number of aryl methyl sites for hydroxylation is 2. The molecule has 1 fully saturated rings. The first kappa shape index (κ1) is 22.5. The Morgan fingerprint density at radius 3 is 2.46 bits per heavy atom. The van der Waals surface area contributed by atoms with Crippen molar-refractivity contribution in [3.05, 3.63) is 41.9 Å². The fourth-order valence-electron chi connectivity index (χ4n) is 3.24. The zero-order chi connectivity index (χ0) is 16.8. The summed E-state index contributed by atoms with van der Waals surface area (Å²) in [4.78, 5) is 18.6. The van der Waals surface area contributed by atoms with E-state index in [4.69, 9.17) is 10.1 Å². The number of benzene rings is 1. The van der Waals surface area contributed by atoms with E-state index in [-0.39, 0.29) is 31.2 Å². The standard InChI is InChI=1S/C19H25N3O2.2ClH/c23-19(24)8-4-14-1-5-16(6-2-14)17-13-21-18(22-17)7-3-15-9-11-20-12-10-15;;/h1-2,5-6,13,15,20H,3-4,7-12H2,(H,21,22)(H,23,24);2*1H. The van der Waals surface area contributed by atoms with Crippen LogP contribution in [0.1, 0.15) is 37.1 Å². The van der Waals surface area contributed by atoms with Crippen molar-refractivity contribution in [3.8, 4) is 11.3 Å². The van der Waals surface area contributed by atoms with Crippen molar-refractivity contribution < 1.29 is 9.90 Å². The molecule has 1 aromatic carbocycles. The monoisotopic (exact) mass is 399 g/mol. The lowest BCUT2D eigenvalue weighted by atomic mass is 9.93. The van der Waals surface area contributed by atoms with E-state index in [2.05, 4.69) is 10.3 Å². The molecule has 1 aromatic heterocycles. The van der Waals surface area contributed by atoms with Crippen LogP contribution < -0.4 is 5.32 Å². The van der Waals surface area contributed by atoms with Crippen molar-refractivity contribution in [2.45, 2.75) is 38.5 Å². The van der Waals surface area contributed by atoms with E-state index < -0.39 is 5.97 Å². The van der Waals surface area contributed by atoms with E-state index in [1.807, 2.05) is 30.5 Å². The number of carbonyl (C=O) groups is 1. The largest absolute Gasteiger partial charge is 0.481 e. The van der Waals surface area contributed by atoms with E-state index in [0.717, 1.165) is 48.1 Å². The molecule has 7 heteroatoms. The number of hydrogen-bond acceptors (Lipinski definition) is 3. The van der Waals surface area contributed by atoms with Crippen LogP contribution in [0.2, 0.25) is 0 Å². The van der Waals surface area contributed by atoms with Gasteiger partial charge in [0.1, 0.15) is 5.82 Å². The van der Waals surface area contributed by atoms with Crippen molar-refractivity contribution in [2.75, 3.05) is 13.1 Å². The number of carboxylic acids is 1. The highest BCUT2D eigenvalue weighted by Gasteiger charge is 2.13. The number of H-pyrrole nitrogens is 1. The number of piperidine rings is 1. The Bertz CT molecular complexity index is 668. The predicted molar refractivity (Wildman–Crippen MR) is 108 cm³/mol. The second kappa shape index (κ2) is 11.2. The summed E-state index contributed by atoms with van der Waals surface area (Å²) >= 11 is 0. The Morgan fingerprint density at radius 1 is 1.12 bits per heavy atom. The Balaban J connectivity index is 0.00000169. The molecule has 1 aliphatic heterocycles. The van der Waals surface area contributed by atoms with Gasteiger partial charge in [-0.3, -0.25) is 4.79 Å². The Kier molecular flexibility index (Phi) is 9.70. The highest BCUT2D eigenvalue weighted by molar-refractivity contribution is 5.85. The van der Waals surface area contributed by atoms with Crippen LogP contribution >= 0.6 is 24.8 Å². The molecular formula is C19H27Cl2N3O2. The van der Waals surface area contributed by atoms with Crippen molar-refractivity contribution in [1.29, 1.82) is 0 Å². The lowest BCUT2D eigenvalue weighted by Crippen LogP contribution is -2.27. The van der Waals surface area contributed by atoms with E-state index in [0.29, 0.717) is 6.42 Å². The Hall–Kier alpha value is -1.56. The summed E-state index contributed by atoms with van der Waals surface area (Å²) in [5.41, 5.74) is 3.07. The number of halogens is 2. The Labute approximate surface area is 166 Å². The van der Waals surface area contributed by atoms with Crippen LogP contribution in [0, 0.1) is 5.92 Å². The van der Waals surface area contributed by atoms with Gasteiger partial charge in [-0.1, -0.05) is 24.3 Å². The normalized spacial score (nSPS) is 14.3. The number of nitrogens with zero attached hydrogens (tertiary/aromatic N) is 1. The molecule has 2 aromatic rings. The van der Waals surface area contributed by atoms with Crippen molar-refractivity contribution in [2.24, 2.45) is 5.92 Å². The molecule has 0 saturated carbocycles. The molecule has 1 aliphatic rings.